The molecule has 1 N–H and O–H groups in total. The Labute approximate surface area is 146 Å². The first-order valence-electron chi connectivity index (χ1n) is 8.72. The Morgan fingerprint density at radius 1 is 1.12 bits per heavy atom. The van der Waals surface area contributed by atoms with Crippen molar-refractivity contribution in [3.05, 3.63) is 30.1 Å². The zero-order valence-corrected chi connectivity index (χ0v) is 14.4. The minimum Gasteiger partial charge on any atom is -0.481 e. The van der Waals surface area contributed by atoms with E-state index in [1.54, 1.807) is 17.0 Å². The Morgan fingerprint density at radius 3 is 2.32 bits per heavy atom. The summed E-state index contributed by atoms with van der Waals surface area (Å²) in [6, 6.07) is 6.22. The van der Waals surface area contributed by atoms with Gasteiger partial charge in [0.15, 0.2) is 0 Å². The van der Waals surface area contributed by atoms with E-state index in [-0.39, 0.29) is 17.8 Å². The molecular weight excluding hydrogens is 325 g/mol. The molecule has 0 aromatic heterocycles. The molecule has 0 spiro atoms. The molecule has 136 valence electrons. The van der Waals surface area contributed by atoms with E-state index in [0.29, 0.717) is 19.5 Å². The Bertz CT molecular complexity index is 629. The third-order valence-electron chi connectivity index (χ3n) is 5.26. The maximum absolute atomic E-state index is 13.0. The number of piperazine rings is 1. The van der Waals surface area contributed by atoms with Crippen molar-refractivity contribution in [2.24, 2.45) is 5.92 Å². The minimum absolute atomic E-state index is 0.0129. The number of carboxylic acids is 1. The van der Waals surface area contributed by atoms with Crippen LogP contribution in [0.3, 0.4) is 0 Å². The SMILES string of the molecule is C[C@@H](C(=O)N1CC[C@@H](C(=O)O)C1)N1CCN(c2ccc(F)cc2)CC1. The van der Waals surface area contributed by atoms with Crippen LogP contribution in [0.4, 0.5) is 10.1 Å². The molecule has 0 aliphatic carbocycles. The fourth-order valence-electron chi connectivity index (χ4n) is 3.60. The average Bonchev–Trinajstić information content (AvgIpc) is 3.12. The highest BCUT2D eigenvalue weighted by Crippen LogP contribution is 2.21. The lowest BCUT2D eigenvalue weighted by Crippen LogP contribution is -2.54. The summed E-state index contributed by atoms with van der Waals surface area (Å²) in [7, 11) is 0. The fraction of sp³-hybridized carbons (Fsp3) is 0.556. The molecule has 6 nitrogen and oxygen atoms in total. The van der Waals surface area contributed by atoms with Gasteiger partial charge in [-0.15, -0.1) is 0 Å². The summed E-state index contributed by atoms with van der Waals surface area (Å²) < 4.78 is 13.0. The summed E-state index contributed by atoms with van der Waals surface area (Å²) in [6.07, 6.45) is 0.534. The number of hydrogen-bond donors (Lipinski definition) is 1. The summed E-state index contributed by atoms with van der Waals surface area (Å²) in [5.41, 5.74) is 0.990. The Kier molecular flexibility index (Phi) is 5.22. The number of amides is 1. The molecule has 3 rings (SSSR count). The number of nitrogens with zero attached hydrogens (tertiary/aromatic N) is 3. The summed E-state index contributed by atoms with van der Waals surface area (Å²) >= 11 is 0. The maximum atomic E-state index is 13.0. The van der Waals surface area contributed by atoms with Crippen LogP contribution in [0.2, 0.25) is 0 Å². The van der Waals surface area contributed by atoms with Gasteiger partial charge in [0.05, 0.1) is 12.0 Å². The van der Waals surface area contributed by atoms with Crippen molar-refractivity contribution in [3.8, 4) is 0 Å². The number of hydrogen-bond acceptors (Lipinski definition) is 4. The smallest absolute Gasteiger partial charge is 0.308 e. The predicted octanol–water partition coefficient (Wildman–Crippen LogP) is 1.27. The molecule has 1 aromatic carbocycles. The number of carbonyl (C=O) groups excluding carboxylic acids is 1. The van der Waals surface area contributed by atoms with E-state index in [0.717, 1.165) is 31.9 Å². The van der Waals surface area contributed by atoms with Crippen LogP contribution in [-0.2, 0) is 9.59 Å². The molecule has 2 saturated heterocycles. The standard InChI is InChI=1S/C18H24FN3O3/c1-13(17(23)22-7-6-14(12-22)18(24)25)20-8-10-21(11-9-20)16-4-2-15(19)3-5-16/h2-5,13-14H,6-12H2,1H3,(H,24,25)/t13-,14+/m0/s1. The lowest BCUT2D eigenvalue weighted by Gasteiger charge is -2.39. The predicted molar refractivity (Wildman–Crippen MR) is 92.0 cm³/mol. The van der Waals surface area contributed by atoms with E-state index < -0.39 is 11.9 Å². The van der Waals surface area contributed by atoms with E-state index in [1.165, 1.54) is 12.1 Å². The zero-order chi connectivity index (χ0) is 18.0. The monoisotopic (exact) mass is 349 g/mol. The zero-order valence-electron chi connectivity index (χ0n) is 14.4. The van der Waals surface area contributed by atoms with Gasteiger partial charge < -0.3 is 14.9 Å². The Morgan fingerprint density at radius 2 is 1.76 bits per heavy atom. The van der Waals surface area contributed by atoms with Crippen LogP contribution in [0.5, 0.6) is 0 Å². The Hall–Kier alpha value is -2.15. The third-order valence-corrected chi connectivity index (χ3v) is 5.26. The molecular formula is C18H24FN3O3. The topological polar surface area (TPSA) is 64.1 Å². The molecule has 1 amide bonds. The minimum atomic E-state index is -0.823. The number of benzene rings is 1. The highest BCUT2D eigenvalue weighted by Gasteiger charge is 2.35. The second-order valence-electron chi connectivity index (χ2n) is 6.78. The van der Waals surface area contributed by atoms with Crippen molar-refractivity contribution in [3.63, 3.8) is 0 Å². The van der Waals surface area contributed by atoms with Crippen LogP contribution in [0.25, 0.3) is 0 Å². The van der Waals surface area contributed by atoms with E-state index in [4.69, 9.17) is 5.11 Å². The Balaban J connectivity index is 1.53. The van der Waals surface area contributed by atoms with Crippen molar-refractivity contribution in [2.75, 3.05) is 44.2 Å². The molecule has 7 heteroatoms. The molecule has 2 fully saturated rings. The maximum Gasteiger partial charge on any atom is 0.308 e. The van der Waals surface area contributed by atoms with Crippen LogP contribution in [0.15, 0.2) is 24.3 Å². The second-order valence-corrected chi connectivity index (χ2v) is 6.78. The van der Waals surface area contributed by atoms with Gasteiger partial charge in [-0.05, 0) is 37.6 Å². The van der Waals surface area contributed by atoms with Gasteiger partial charge in [0.25, 0.3) is 0 Å². The van der Waals surface area contributed by atoms with E-state index in [9.17, 15) is 14.0 Å². The highest BCUT2D eigenvalue weighted by molar-refractivity contribution is 5.83. The van der Waals surface area contributed by atoms with Gasteiger partial charge in [-0.1, -0.05) is 0 Å². The third kappa shape index (κ3) is 3.92. The first-order chi connectivity index (χ1) is 12.0. The van der Waals surface area contributed by atoms with Gasteiger partial charge >= 0.3 is 5.97 Å². The normalized spacial score (nSPS) is 22.9. The van der Waals surface area contributed by atoms with Crippen molar-refractivity contribution in [1.82, 2.24) is 9.80 Å². The van der Waals surface area contributed by atoms with Crippen LogP contribution >= 0.6 is 0 Å². The number of anilines is 1. The molecule has 0 radical (unpaired) electrons. The molecule has 2 aliphatic rings. The lowest BCUT2D eigenvalue weighted by atomic mass is 10.1. The molecule has 2 aliphatic heterocycles. The van der Waals surface area contributed by atoms with Crippen LogP contribution < -0.4 is 4.90 Å². The second kappa shape index (κ2) is 7.39. The number of carboxylic acid groups (broad SMARTS) is 1. The molecule has 25 heavy (non-hydrogen) atoms. The van der Waals surface area contributed by atoms with Crippen molar-refractivity contribution in [1.29, 1.82) is 0 Å². The summed E-state index contributed by atoms with van der Waals surface area (Å²) in [5.74, 6) is -1.49. The number of carbonyl (C=O) groups is 2. The van der Waals surface area contributed by atoms with Gasteiger partial charge in [-0.2, -0.15) is 0 Å². The molecule has 2 atom stereocenters. The van der Waals surface area contributed by atoms with Crippen molar-refractivity contribution in [2.45, 2.75) is 19.4 Å². The average molecular weight is 349 g/mol. The van der Waals surface area contributed by atoms with E-state index >= 15 is 0 Å². The quantitative estimate of drug-likeness (QED) is 0.887. The fourth-order valence-corrected chi connectivity index (χ4v) is 3.60. The number of likely N-dealkylation sites (tertiary alicyclic amines) is 1. The molecule has 2 heterocycles. The van der Waals surface area contributed by atoms with E-state index in [2.05, 4.69) is 9.80 Å². The largest absolute Gasteiger partial charge is 0.481 e. The summed E-state index contributed by atoms with van der Waals surface area (Å²) in [6.45, 7) is 5.79. The number of halogens is 1. The van der Waals surface area contributed by atoms with Crippen LogP contribution in [0, 0.1) is 11.7 Å². The van der Waals surface area contributed by atoms with Crippen LogP contribution in [-0.4, -0.2) is 72.1 Å². The molecule has 1 aromatic rings. The highest BCUT2D eigenvalue weighted by atomic mass is 19.1. The number of rotatable bonds is 4. The first-order valence-corrected chi connectivity index (χ1v) is 8.72. The number of aliphatic carboxylic acids is 1. The van der Waals surface area contributed by atoms with Gasteiger partial charge in [0.1, 0.15) is 5.82 Å². The lowest BCUT2D eigenvalue weighted by molar-refractivity contribution is -0.141. The van der Waals surface area contributed by atoms with Gasteiger partial charge in [0, 0.05) is 45.0 Å². The van der Waals surface area contributed by atoms with E-state index in [1.807, 2.05) is 6.92 Å². The molecule has 0 unspecified atom stereocenters. The first kappa shape index (κ1) is 17.7. The molecule has 0 bridgehead atoms. The van der Waals surface area contributed by atoms with Gasteiger partial charge in [-0.25, -0.2) is 4.39 Å². The van der Waals surface area contributed by atoms with Crippen LogP contribution in [0.1, 0.15) is 13.3 Å². The molecule has 0 saturated carbocycles. The van der Waals surface area contributed by atoms with Gasteiger partial charge in [-0.3, -0.25) is 14.5 Å². The van der Waals surface area contributed by atoms with Crippen molar-refractivity contribution >= 4 is 17.6 Å². The van der Waals surface area contributed by atoms with Gasteiger partial charge in [0.2, 0.25) is 5.91 Å². The summed E-state index contributed by atoms with van der Waals surface area (Å²) in [4.78, 5) is 29.7. The summed E-state index contributed by atoms with van der Waals surface area (Å²) in [5, 5.41) is 9.08. The van der Waals surface area contributed by atoms with Crippen molar-refractivity contribution < 1.29 is 19.1 Å².